The van der Waals surface area contributed by atoms with E-state index in [0.29, 0.717) is 6.54 Å². The molecule has 30 heavy (non-hydrogen) atoms. The second-order valence-electron chi connectivity index (χ2n) is 7.50. The Bertz CT molecular complexity index is 800. The molecule has 1 fully saturated rings. The average Bonchev–Trinajstić information content (AvgIpc) is 3.46. The van der Waals surface area contributed by atoms with Crippen molar-refractivity contribution < 1.29 is 9.47 Å². The van der Waals surface area contributed by atoms with Gasteiger partial charge in [0.1, 0.15) is 17.9 Å². The summed E-state index contributed by atoms with van der Waals surface area (Å²) < 4.78 is 13.4. The van der Waals surface area contributed by atoms with Crippen molar-refractivity contribution in [1.82, 2.24) is 25.4 Å². The maximum absolute atomic E-state index is 5.83. The summed E-state index contributed by atoms with van der Waals surface area (Å²) >= 11 is 0. The van der Waals surface area contributed by atoms with Crippen LogP contribution in [0.2, 0.25) is 0 Å². The molecule has 1 saturated heterocycles. The number of hydrogen-bond acceptors (Lipinski definition) is 5. The molecule has 0 amide bonds. The second kappa shape index (κ2) is 11.5. The average molecular weight is 415 g/mol. The molecule has 0 bridgehead atoms. The van der Waals surface area contributed by atoms with Crippen molar-refractivity contribution in [1.29, 1.82) is 0 Å². The molecule has 2 N–H and O–H groups in total. The summed E-state index contributed by atoms with van der Waals surface area (Å²) in [6.45, 7) is 7.28. The van der Waals surface area contributed by atoms with Gasteiger partial charge in [0.15, 0.2) is 5.96 Å². The fourth-order valence-electron chi connectivity index (χ4n) is 3.69. The van der Waals surface area contributed by atoms with E-state index < -0.39 is 0 Å². The fourth-order valence-corrected chi connectivity index (χ4v) is 3.69. The number of hydrogen-bond donors (Lipinski definition) is 2. The summed E-state index contributed by atoms with van der Waals surface area (Å²) in [4.78, 5) is 4.81. The van der Waals surface area contributed by atoms with Crippen molar-refractivity contribution in [2.24, 2.45) is 4.99 Å². The van der Waals surface area contributed by atoms with Gasteiger partial charge >= 0.3 is 0 Å². The summed E-state index contributed by atoms with van der Waals surface area (Å²) in [5, 5.41) is 15.1. The Hall–Kier alpha value is -2.61. The summed E-state index contributed by atoms with van der Waals surface area (Å²) in [6.07, 6.45) is 5.91. The summed E-state index contributed by atoms with van der Waals surface area (Å²) in [5.41, 5.74) is 1.16. The Morgan fingerprint density at radius 1 is 1.40 bits per heavy atom. The standard InChI is InChI=1S/C22H34N6O2/c1-4-21-27-25-16-28(21)14-13-24-22(26-17(2)19-10-7-15-30-19)23-12-11-18-8-5-6-9-20(18)29-3/h5-6,8-9,16-17,19H,4,7,10-15H2,1-3H3,(H2,23,24,26). The van der Waals surface area contributed by atoms with E-state index in [4.69, 9.17) is 14.5 Å². The molecule has 0 saturated carbocycles. The van der Waals surface area contributed by atoms with Crippen LogP contribution in [0.15, 0.2) is 35.6 Å². The van der Waals surface area contributed by atoms with Crippen molar-refractivity contribution in [2.75, 3.05) is 26.8 Å². The zero-order valence-corrected chi connectivity index (χ0v) is 18.3. The lowest BCUT2D eigenvalue weighted by atomic mass is 10.1. The summed E-state index contributed by atoms with van der Waals surface area (Å²) in [5.74, 6) is 2.70. The zero-order chi connectivity index (χ0) is 21.2. The van der Waals surface area contributed by atoms with Crippen molar-refractivity contribution in [3.8, 4) is 5.75 Å². The Labute approximate surface area is 179 Å². The molecule has 8 heteroatoms. The SMILES string of the molecule is CCc1nncn1CCNC(=NCCc1ccccc1OC)NC(C)C1CCCO1. The maximum atomic E-state index is 5.83. The van der Waals surface area contributed by atoms with E-state index in [1.54, 1.807) is 13.4 Å². The van der Waals surface area contributed by atoms with Gasteiger partial charge in [0.25, 0.3) is 0 Å². The number of aromatic nitrogens is 3. The van der Waals surface area contributed by atoms with E-state index in [1.165, 1.54) is 0 Å². The number of aliphatic imine (C=N–C) groups is 1. The van der Waals surface area contributed by atoms with Crippen LogP contribution in [0.4, 0.5) is 0 Å². The number of guanidine groups is 1. The van der Waals surface area contributed by atoms with Gasteiger partial charge < -0.3 is 24.7 Å². The van der Waals surface area contributed by atoms with Crippen LogP contribution in [0.3, 0.4) is 0 Å². The Balaban J connectivity index is 1.59. The first-order chi connectivity index (χ1) is 14.7. The predicted molar refractivity (Wildman–Crippen MR) is 118 cm³/mol. The number of nitrogens with zero attached hydrogens (tertiary/aromatic N) is 4. The van der Waals surface area contributed by atoms with Gasteiger partial charge in [-0.15, -0.1) is 10.2 Å². The lowest BCUT2D eigenvalue weighted by molar-refractivity contribution is 0.0890. The van der Waals surface area contributed by atoms with E-state index in [1.807, 2.05) is 18.2 Å². The molecule has 8 nitrogen and oxygen atoms in total. The minimum atomic E-state index is 0.200. The fraction of sp³-hybridized carbons (Fsp3) is 0.591. The van der Waals surface area contributed by atoms with Gasteiger partial charge in [-0.05, 0) is 37.8 Å². The first-order valence-electron chi connectivity index (χ1n) is 10.9. The van der Waals surface area contributed by atoms with E-state index in [9.17, 15) is 0 Å². The van der Waals surface area contributed by atoms with Gasteiger partial charge in [-0.1, -0.05) is 25.1 Å². The van der Waals surface area contributed by atoms with Crippen LogP contribution in [-0.2, 0) is 24.1 Å². The number of nitrogens with one attached hydrogen (secondary N) is 2. The Kier molecular flexibility index (Phi) is 8.50. The molecule has 164 valence electrons. The largest absolute Gasteiger partial charge is 0.496 e. The number of methoxy groups -OCH3 is 1. The number of aryl methyl sites for hydroxylation is 1. The van der Waals surface area contributed by atoms with Crippen molar-refractivity contribution in [3.63, 3.8) is 0 Å². The molecule has 0 spiro atoms. The van der Waals surface area contributed by atoms with Crippen LogP contribution >= 0.6 is 0 Å². The molecule has 1 aliphatic heterocycles. The summed E-state index contributed by atoms with van der Waals surface area (Å²) in [6, 6.07) is 8.29. The number of benzene rings is 1. The lowest BCUT2D eigenvalue weighted by Crippen LogP contribution is -2.47. The van der Waals surface area contributed by atoms with E-state index in [2.05, 4.69) is 45.3 Å². The monoisotopic (exact) mass is 414 g/mol. The molecule has 0 aliphatic carbocycles. The van der Waals surface area contributed by atoms with Gasteiger partial charge in [-0.25, -0.2) is 0 Å². The van der Waals surface area contributed by atoms with Crippen molar-refractivity contribution in [2.45, 2.75) is 58.2 Å². The first-order valence-corrected chi connectivity index (χ1v) is 10.9. The molecular weight excluding hydrogens is 380 g/mol. The molecule has 1 aliphatic rings. The molecule has 2 heterocycles. The highest BCUT2D eigenvalue weighted by atomic mass is 16.5. The third kappa shape index (κ3) is 6.19. The third-order valence-corrected chi connectivity index (χ3v) is 5.39. The molecule has 1 aromatic heterocycles. The second-order valence-corrected chi connectivity index (χ2v) is 7.50. The molecule has 2 atom stereocenters. The molecular formula is C22H34N6O2. The van der Waals surface area contributed by atoms with Crippen molar-refractivity contribution in [3.05, 3.63) is 42.0 Å². The highest BCUT2D eigenvalue weighted by Crippen LogP contribution is 2.18. The van der Waals surface area contributed by atoms with Crippen molar-refractivity contribution >= 4 is 5.96 Å². The molecule has 0 radical (unpaired) electrons. The number of ether oxygens (including phenoxy) is 2. The molecule has 1 aromatic carbocycles. The molecule has 2 unspecified atom stereocenters. The Morgan fingerprint density at radius 3 is 3.03 bits per heavy atom. The zero-order valence-electron chi connectivity index (χ0n) is 18.3. The van der Waals surface area contributed by atoms with E-state index in [-0.39, 0.29) is 12.1 Å². The number of rotatable bonds is 10. The van der Waals surface area contributed by atoms with E-state index in [0.717, 1.165) is 68.5 Å². The normalized spacial score (nSPS) is 17.7. The van der Waals surface area contributed by atoms with Crippen LogP contribution in [0.25, 0.3) is 0 Å². The van der Waals surface area contributed by atoms with E-state index >= 15 is 0 Å². The van der Waals surface area contributed by atoms with Crippen LogP contribution in [0.5, 0.6) is 5.75 Å². The van der Waals surface area contributed by atoms with Crippen LogP contribution in [-0.4, -0.2) is 59.7 Å². The topological polar surface area (TPSA) is 85.6 Å². The molecule has 2 aromatic rings. The first kappa shape index (κ1) is 22.1. The van der Waals surface area contributed by atoms with Crippen LogP contribution in [0, 0.1) is 0 Å². The quantitative estimate of drug-likeness (QED) is 0.458. The van der Waals surface area contributed by atoms with Gasteiger partial charge in [-0.3, -0.25) is 4.99 Å². The third-order valence-electron chi connectivity index (χ3n) is 5.39. The smallest absolute Gasteiger partial charge is 0.191 e. The van der Waals surface area contributed by atoms with Gasteiger partial charge in [-0.2, -0.15) is 0 Å². The minimum Gasteiger partial charge on any atom is -0.496 e. The maximum Gasteiger partial charge on any atom is 0.191 e. The van der Waals surface area contributed by atoms with Gasteiger partial charge in [0, 0.05) is 32.7 Å². The predicted octanol–water partition coefficient (Wildman–Crippen LogP) is 2.19. The lowest BCUT2D eigenvalue weighted by Gasteiger charge is -2.23. The van der Waals surface area contributed by atoms with Gasteiger partial charge in [0.2, 0.25) is 0 Å². The van der Waals surface area contributed by atoms with Crippen LogP contribution in [0.1, 0.15) is 38.1 Å². The van der Waals surface area contributed by atoms with Gasteiger partial charge in [0.05, 0.1) is 19.3 Å². The highest BCUT2D eigenvalue weighted by Gasteiger charge is 2.23. The van der Waals surface area contributed by atoms with Crippen LogP contribution < -0.4 is 15.4 Å². The minimum absolute atomic E-state index is 0.200. The summed E-state index contributed by atoms with van der Waals surface area (Å²) in [7, 11) is 1.70. The molecule has 3 rings (SSSR count). The highest BCUT2D eigenvalue weighted by molar-refractivity contribution is 5.80. The Morgan fingerprint density at radius 2 is 2.27 bits per heavy atom. The number of para-hydroxylation sites is 1.